The average Bonchev–Trinajstić information content (AvgIpc) is 2.48. The first-order valence-electron chi connectivity index (χ1n) is 6.96. The third-order valence-corrected chi connectivity index (χ3v) is 4.63. The first-order valence-corrected chi connectivity index (χ1v) is 7.72. The van der Waals surface area contributed by atoms with E-state index in [0.717, 1.165) is 24.5 Å². The molecule has 20 heavy (non-hydrogen) atoms. The lowest BCUT2D eigenvalue weighted by molar-refractivity contribution is 0.404. The van der Waals surface area contributed by atoms with Gasteiger partial charge in [-0.25, -0.2) is 0 Å². The van der Waals surface area contributed by atoms with E-state index >= 15 is 0 Å². The number of halogens is 2. The molecule has 1 aliphatic heterocycles. The van der Waals surface area contributed by atoms with Crippen molar-refractivity contribution >= 4 is 23.2 Å². The van der Waals surface area contributed by atoms with E-state index in [1.807, 2.05) is 12.1 Å². The maximum atomic E-state index is 6.41. The number of piperidine rings is 1. The highest BCUT2D eigenvalue weighted by Gasteiger charge is 2.28. The molecule has 0 unspecified atom stereocenters. The molecular weight excluding hydrogens is 289 g/mol. The predicted molar refractivity (Wildman–Crippen MR) is 85.9 cm³/mol. The average molecular weight is 306 g/mol. The van der Waals surface area contributed by atoms with Gasteiger partial charge in [-0.2, -0.15) is 0 Å². The van der Waals surface area contributed by atoms with Crippen molar-refractivity contribution < 1.29 is 0 Å². The fourth-order valence-corrected chi connectivity index (χ4v) is 3.63. The summed E-state index contributed by atoms with van der Waals surface area (Å²) in [6.07, 6.45) is 1.10. The zero-order valence-electron chi connectivity index (χ0n) is 11.2. The number of nitrogens with one attached hydrogen (secondary N) is 1. The molecule has 3 heteroatoms. The number of rotatable bonds is 2. The van der Waals surface area contributed by atoms with E-state index in [9.17, 15) is 0 Å². The van der Waals surface area contributed by atoms with Crippen molar-refractivity contribution in [1.29, 1.82) is 0 Å². The van der Waals surface area contributed by atoms with Gasteiger partial charge in [-0.3, -0.25) is 0 Å². The van der Waals surface area contributed by atoms with Crippen molar-refractivity contribution in [3.8, 4) is 0 Å². The van der Waals surface area contributed by atoms with Gasteiger partial charge in [-0.05, 0) is 42.1 Å². The molecule has 104 valence electrons. The van der Waals surface area contributed by atoms with Crippen LogP contribution >= 0.6 is 23.2 Å². The van der Waals surface area contributed by atoms with E-state index in [-0.39, 0.29) is 0 Å². The minimum atomic E-state index is 0.448. The fourth-order valence-electron chi connectivity index (χ4n) is 3.08. The summed E-state index contributed by atoms with van der Waals surface area (Å²) in [6, 6.07) is 16.5. The molecule has 0 bridgehead atoms. The van der Waals surface area contributed by atoms with Crippen molar-refractivity contribution in [2.45, 2.75) is 18.3 Å². The van der Waals surface area contributed by atoms with Gasteiger partial charge in [0, 0.05) is 22.5 Å². The van der Waals surface area contributed by atoms with Crippen molar-refractivity contribution in [2.24, 2.45) is 0 Å². The summed E-state index contributed by atoms with van der Waals surface area (Å²) in [5, 5.41) is 4.98. The Kier molecular flexibility index (Phi) is 4.30. The molecular formula is C17H17Cl2N. The number of hydrogen-bond donors (Lipinski definition) is 1. The van der Waals surface area contributed by atoms with E-state index in [4.69, 9.17) is 23.2 Å². The molecule has 0 spiro atoms. The molecule has 2 aromatic rings. The second-order valence-corrected chi connectivity index (χ2v) is 6.13. The molecule has 1 aliphatic rings. The zero-order chi connectivity index (χ0) is 13.9. The van der Waals surface area contributed by atoms with Gasteiger partial charge in [0.25, 0.3) is 0 Å². The lowest BCUT2D eigenvalue weighted by Crippen LogP contribution is -2.34. The van der Waals surface area contributed by atoms with Gasteiger partial charge in [-0.15, -0.1) is 0 Å². The lowest BCUT2D eigenvalue weighted by atomic mass is 9.77. The normalized spacial score (nSPS) is 22.7. The molecule has 1 heterocycles. The molecule has 1 saturated heterocycles. The molecule has 0 amide bonds. The van der Waals surface area contributed by atoms with Crippen LogP contribution in [0, 0.1) is 0 Å². The third-order valence-electron chi connectivity index (χ3n) is 4.07. The minimum Gasteiger partial charge on any atom is -0.316 e. The molecule has 0 aliphatic carbocycles. The minimum absolute atomic E-state index is 0.448. The monoisotopic (exact) mass is 305 g/mol. The van der Waals surface area contributed by atoms with Gasteiger partial charge >= 0.3 is 0 Å². The maximum absolute atomic E-state index is 6.41. The molecule has 0 radical (unpaired) electrons. The number of benzene rings is 2. The van der Waals surface area contributed by atoms with Crippen LogP contribution in [0.15, 0.2) is 48.5 Å². The Hall–Kier alpha value is -1.02. The summed E-state index contributed by atoms with van der Waals surface area (Å²) < 4.78 is 0. The van der Waals surface area contributed by atoms with Gasteiger partial charge in [0.15, 0.2) is 0 Å². The molecule has 0 saturated carbocycles. The highest BCUT2D eigenvalue weighted by Crippen LogP contribution is 2.40. The molecule has 3 rings (SSSR count). The predicted octanol–water partition coefficient (Wildman–Crippen LogP) is 4.85. The molecule has 2 atom stereocenters. The van der Waals surface area contributed by atoms with Crippen LogP contribution < -0.4 is 5.32 Å². The zero-order valence-corrected chi connectivity index (χ0v) is 12.7. The van der Waals surface area contributed by atoms with E-state index in [2.05, 4.69) is 41.7 Å². The summed E-state index contributed by atoms with van der Waals surface area (Å²) in [5.74, 6) is 0.909. The summed E-state index contributed by atoms with van der Waals surface area (Å²) in [4.78, 5) is 0. The van der Waals surface area contributed by atoms with E-state index in [1.54, 1.807) is 0 Å². The Morgan fingerprint density at radius 3 is 2.50 bits per heavy atom. The first-order chi connectivity index (χ1) is 9.75. The Bertz CT molecular complexity index is 583. The standard InChI is InChI=1S/C17H17Cl2N/c18-13-6-7-15(17(19)10-13)14-8-9-20-11-16(14)12-4-2-1-3-5-12/h1-7,10,14,16,20H,8-9,11H2/t14-,16-/m0/s1. The second kappa shape index (κ2) is 6.17. The van der Waals surface area contributed by atoms with Crippen LogP contribution in [0.25, 0.3) is 0 Å². The summed E-state index contributed by atoms with van der Waals surface area (Å²) in [6.45, 7) is 2.03. The highest BCUT2D eigenvalue weighted by molar-refractivity contribution is 6.35. The van der Waals surface area contributed by atoms with Crippen molar-refractivity contribution in [2.75, 3.05) is 13.1 Å². The van der Waals surface area contributed by atoms with E-state index in [0.29, 0.717) is 16.9 Å². The molecule has 1 fully saturated rings. The Labute approximate surface area is 129 Å². The first kappa shape index (κ1) is 13.9. The molecule has 0 aromatic heterocycles. The lowest BCUT2D eigenvalue weighted by Gasteiger charge is -2.33. The quantitative estimate of drug-likeness (QED) is 0.836. The van der Waals surface area contributed by atoms with Gasteiger partial charge in [0.2, 0.25) is 0 Å². The van der Waals surface area contributed by atoms with Crippen LogP contribution in [-0.4, -0.2) is 13.1 Å². The molecule has 2 aromatic carbocycles. The maximum Gasteiger partial charge on any atom is 0.0455 e. The highest BCUT2D eigenvalue weighted by atomic mass is 35.5. The van der Waals surface area contributed by atoms with Crippen molar-refractivity contribution in [3.05, 3.63) is 69.7 Å². The Morgan fingerprint density at radius 1 is 0.950 bits per heavy atom. The van der Waals surface area contributed by atoms with Crippen LogP contribution in [0.2, 0.25) is 10.0 Å². The summed E-state index contributed by atoms with van der Waals surface area (Å²) in [7, 11) is 0. The topological polar surface area (TPSA) is 12.0 Å². The number of hydrogen-bond acceptors (Lipinski definition) is 1. The molecule has 1 nitrogen and oxygen atoms in total. The Morgan fingerprint density at radius 2 is 1.75 bits per heavy atom. The van der Waals surface area contributed by atoms with Crippen LogP contribution in [0.5, 0.6) is 0 Å². The van der Waals surface area contributed by atoms with Crippen LogP contribution in [-0.2, 0) is 0 Å². The molecule has 1 N–H and O–H groups in total. The van der Waals surface area contributed by atoms with Gasteiger partial charge in [-0.1, -0.05) is 59.6 Å². The third kappa shape index (κ3) is 2.85. The summed E-state index contributed by atoms with van der Waals surface area (Å²) >= 11 is 12.4. The van der Waals surface area contributed by atoms with Crippen molar-refractivity contribution in [3.63, 3.8) is 0 Å². The van der Waals surface area contributed by atoms with E-state index in [1.165, 1.54) is 11.1 Å². The second-order valence-electron chi connectivity index (χ2n) is 5.28. The smallest absolute Gasteiger partial charge is 0.0455 e. The summed E-state index contributed by atoms with van der Waals surface area (Å²) in [5.41, 5.74) is 2.59. The van der Waals surface area contributed by atoms with Crippen LogP contribution in [0.4, 0.5) is 0 Å². The van der Waals surface area contributed by atoms with Crippen LogP contribution in [0.3, 0.4) is 0 Å². The van der Waals surface area contributed by atoms with Crippen molar-refractivity contribution in [1.82, 2.24) is 5.32 Å². The van der Waals surface area contributed by atoms with E-state index < -0.39 is 0 Å². The Balaban J connectivity index is 1.97. The van der Waals surface area contributed by atoms with Gasteiger partial charge < -0.3 is 5.32 Å². The SMILES string of the molecule is Clc1ccc([C@@H]2CCNC[C@H]2c2ccccc2)c(Cl)c1. The van der Waals surface area contributed by atoms with Gasteiger partial charge in [0.05, 0.1) is 0 Å². The largest absolute Gasteiger partial charge is 0.316 e. The fraction of sp³-hybridized carbons (Fsp3) is 0.294. The van der Waals surface area contributed by atoms with Crippen LogP contribution in [0.1, 0.15) is 29.4 Å². The van der Waals surface area contributed by atoms with Gasteiger partial charge in [0.1, 0.15) is 0 Å².